The smallest absolute Gasteiger partial charge is 0.253 e. The van der Waals surface area contributed by atoms with Gasteiger partial charge < -0.3 is 15.1 Å². The Morgan fingerprint density at radius 1 is 1.04 bits per heavy atom. The van der Waals surface area contributed by atoms with Gasteiger partial charge in [0.25, 0.3) is 5.91 Å². The first-order chi connectivity index (χ1) is 12.7. The summed E-state index contributed by atoms with van der Waals surface area (Å²) in [6.07, 6.45) is 4.78. The quantitative estimate of drug-likeness (QED) is 0.492. The van der Waals surface area contributed by atoms with Crippen molar-refractivity contribution in [3.8, 4) is 0 Å². The highest BCUT2D eigenvalue weighted by Crippen LogP contribution is 2.17. The summed E-state index contributed by atoms with van der Waals surface area (Å²) >= 11 is 1.22. The maximum atomic E-state index is 12.4. The first-order valence-corrected chi connectivity index (χ1v) is 8.80. The summed E-state index contributed by atoms with van der Waals surface area (Å²) in [5.41, 5.74) is 0.831. The molecule has 2 aromatic heterocycles. The number of furan rings is 1. The number of aromatic nitrogens is 2. The molecule has 3 rings (SSSR count). The number of para-hydroxylation sites is 1. The third-order valence-electron chi connectivity index (χ3n) is 3.32. The molecule has 3 aromatic rings. The number of amides is 2. The molecule has 0 fully saturated rings. The van der Waals surface area contributed by atoms with E-state index in [1.807, 2.05) is 0 Å². The minimum absolute atomic E-state index is 0.145. The summed E-state index contributed by atoms with van der Waals surface area (Å²) in [6.45, 7) is 0.273. The molecular formula is C18H16N4O3S. The van der Waals surface area contributed by atoms with E-state index in [2.05, 4.69) is 20.6 Å². The topological polar surface area (TPSA) is 97.1 Å². The van der Waals surface area contributed by atoms with Crippen LogP contribution in [0.4, 0.5) is 5.69 Å². The van der Waals surface area contributed by atoms with Crippen LogP contribution in [0.3, 0.4) is 0 Å². The lowest BCUT2D eigenvalue weighted by Gasteiger charge is -2.10. The molecule has 0 unspecified atom stereocenters. The first kappa shape index (κ1) is 17.7. The number of nitrogens with one attached hydrogen (secondary N) is 2. The van der Waals surface area contributed by atoms with Crippen molar-refractivity contribution in [2.75, 3.05) is 11.1 Å². The largest absolute Gasteiger partial charge is 0.467 e. The molecule has 0 saturated carbocycles. The third kappa shape index (κ3) is 4.93. The molecule has 2 N–H and O–H groups in total. The Morgan fingerprint density at radius 2 is 1.85 bits per heavy atom. The average Bonchev–Trinajstić information content (AvgIpc) is 3.19. The molecule has 26 heavy (non-hydrogen) atoms. The molecule has 2 heterocycles. The van der Waals surface area contributed by atoms with Crippen molar-refractivity contribution in [3.05, 3.63) is 72.4 Å². The van der Waals surface area contributed by atoms with Crippen molar-refractivity contribution in [2.45, 2.75) is 11.7 Å². The van der Waals surface area contributed by atoms with Gasteiger partial charge in [0.15, 0.2) is 5.16 Å². The molecule has 0 aliphatic heterocycles. The highest BCUT2D eigenvalue weighted by Gasteiger charge is 2.13. The molecule has 0 saturated heterocycles. The highest BCUT2D eigenvalue weighted by atomic mass is 32.2. The van der Waals surface area contributed by atoms with Gasteiger partial charge in [-0.3, -0.25) is 9.59 Å². The van der Waals surface area contributed by atoms with Crippen LogP contribution in [0.5, 0.6) is 0 Å². The van der Waals surface area contributed by atoms with Gasteiger partial charge in [-0.25, -0.2) is 9.97 Å². The molecule has 7 nitrogen and oxygen atoms in total. The summed E-state index contributed by atoms with van der Waals surface area (Å²) in [4.78, 5) is 32.7. The third-order valence-corrected chi connectivity index (χ3v) is 4.20. The summed E-state index contributed by atoms with van der Waals surface area (Å²) in [5.74, 6) is 0.260. The lowest BCUT2D eigenvalue weighted by atomic mass is 10.1. The molecule has 0 atom stereocenters. The molecule has 0 bridgehead atoms. The van der Waals surface area contributed by atoms with Crippen molar-refractivity contribution < 1.29 is 14.0 Å². The van der Waals surface area contributed by atoms with Crippen molar-refractivity contribution >= 4 is 29.3 Å². The summed E-state index contributed by atoms with van der Waals surface area (Å²) in [6, 6.07) is 12.1. The van der Waals surface area contributed by atoms with E-state index in [0.29, 0.717) is 22.2 Å². The monoisotopic (exact) mass is 368 g/mol. The maximum Gasteiger partial charge on any atom is 0.253 e. The van der Waals surface area contributed by atoms with Crippen LogP contribution in [0.1, 0.15) is 16.1 Å². The van der Waals surface area contributed by atoms with E-state index in [9.17, 15) is 9.59 Å². The van der Waals surface area contributed by atoms with Gasteiger partial charge in [0.2, 0.25) is 5.91 Å². The van der Waals surface area contributed by atoms with Gasteiger partial charge in [0.1, 0.15) is 5.76 Å². The number of benzene rings is 1. The Kier molecular flexibility index (Phi) is 6.00. The van der Waals surface area contributed by atoms with E-state index < -0.39 is 0 Å². The highest BCUT2D eigenvalue weighted by molar-refractivity contribution is 7.99. The van der Waals surface area contributed by atoms with Crippen molar-refractivity contribution in [3.63, 3.8) is 0 Å². The Balaban J connectivity index is 1.59. The number of carbonyl (C=O) groups excluding carboxylic acids is 2. The van der Waals surface area contributed by atoms with Crippen LogP contribution in [0.25, 0.3) is 0 Å². The van der Waals surface area contributed by atoms with Gasteiger partial charge in [0, 0.05) is 12.4 Å². The molecule has 0 spiro atoms. The van der Waals surface area contributed by atoms with Gasteiger partial charge >= 0.3 is 0 Å². The molecule has 2 amide bonds. The van der Waals surface area contributed by atoms with Crippen LogP contribution in [-0.2, 0) is 11.3 Å². The maximum absolute atomic E-state index is 12.4. The Bertz CT molecular complexity index is 869. The van der Waals surface area contributed by atoms with Crippen molar-refractivity contribution in [1.82, 2.24) is 15.3 Å². The van der Waals surface area contributed by atoms with Crippen LogP contribution in [-0.4, -0.2) is 27.5 Å². The molecular weight excluding hydrogens is 352 g/mol. The zero-order valence-electron chi connectivity index (χ0n) is 13.7. The van der Waals surface area contributed by atoms with Crippen LogP contribution < -0.4 is 10.6 Å². The van der Waals surface area contributed by atoms with Gasteiger partial charge in [-0.05, 0) is 30.3 Å². The summed E-state index contributed by atoms with van der Waals surface area (Å²) in [7, 11) is 0. The Morgan fingerprint density at radius 3 is 2.62 bits per heavy atom. The van der Waals surface area contributed by atoms with Gasteiger partial charge in [-0.1, -0.05) is 23.9 Å². The number of carbonyl (C=O) groups is 2. The number of thioether (sulfide) groups is 1. The lowest BCUT2D eigenvalue weighted by molar-refractivity contribution is -0.113. The second kappa shape index (κ2) is 8.82. The van der Waals surface area contributed by atoms with Crippen LogP contribution in [0, 0.1) is 0 Å². The van der Waals surface area contributed by atoms with Crippen LogP contribution in [0.15, 0.2) is 70.7 Å². The van der Waals surface area contributed by atoms with Gasteiger partial charge in [-0.2, -0.15) is 0 Å². The van der Waals surface area contributed by atoms with E-state index in [-0.39, 0.29) is 24.1 Å². The van der Waals surface area contributed by atoms with Crippen LogP contribution in [0.2, 0.25) is 0 Å². The van der Waals surface area contributed by atoms with Crippen molar-refractivity contribution in [1.29, 1.82) is 0 Å². The number of anilines is 1. The fraction of sp³-hybridized carbons (Fsp3) is 0.111. The Hall–Kier alpha value is -3.13. The van der Waals surface area contributed by atoms with Gasteiger partial charge in [0.05, 0.1) is 29.8 Å². The van der Waals surface area contributed by atoms with Gasteiger partial charge in [-0.15, -0.1) is 0 Å². The zero-order chi connectivity index (χ0) is 18.2. The average molecular weight is 368 g/mol. The standard InChI is InChI=1S/C18H16N4O3S/c23-16(12-26-18-19-8-4-9-20-18)22-15-7-2-1-6-14(15)17(24)21-11-13-5-3-10-25-13/h1-10H,11-12H2,(H,21,24)(H,22,23). The predicted molar refractivity (Wildman–Crippen MR) is 97.7 cm³/mol. The SMILES string of the molecule is O=C(CSc1ncccn1)Nc1ccccc1C(=O)NCc1ccco1. The lowest BCUT2D eigenvalue weighted by Crippen LogP contribution is -2.25. The predicted octanol–water partition coefficient (Wildman–Crippen LogP) is 2.73. The molecule has 8 heteroatoms. The molecule has 132 valence electrons. The molecule has 0 aliphatic carbocycles. The van der Waals surface area contributed by atoms with Crippen molar-refractivity contribution in [2.24, 2.45) is 0 Å². The van der Waals surface area contributed by atoms with E-state index >= 15 is 0 Å². The second-order valence-electron chi connectivity index (χ2n) is 5.18. The number of rotatable bonds is 7. The molecule has 0 aliphatic rings. The minimum atomic E-state index is -0.295. The fourth-order valence-corrected chi connectivity index (χ4v) is 2.75. The molecule has 1 aromatic carbocycles. The number of hydrogen-bond donors (Lipinski definition) is 2. The van der Waals surface area contributed by atoms with E-state index in [1.165, 1.54) is 11.8 Å². The van der Waals surface area contributed by atoms with E-state index in [0.717, 1.165) is 0 Å². The number of hydrogen-bond acceptors (Lipinski definition) is 6. The van der Waals surface area contributed by atoms with E-state index in [1.54, 1.807) is 61.1 Å². The summed E-state index contributed by atoms with van der Waals surface area (Å²) < 4.78 is 5.19. The summed E-state index contributed by atoms with van der Waals surface area (Å²) in [5, 5.41) is 6.04. The Labute approximate surface area is 154 Å². The second-order valence-corrected chi connectivity index (χ2v) is 6.12. The van der Waals surface area contributed by atoms with Crippen LogP contribution >= 0.6 is 11.8 Å². The fourth-order valence-electron chi connectivity index (χ4n) is 2.14. The van der Waals surface area contributed by atoms with E-state index in [4.69, 9.17) is 4.42 Å². The number of nitrogens with zero attached hydrogens (tertiary/aromatic N) is 2. The normalized spacial score (nSPS) is 10.3. The first-order valence-electron chi connectivity index (χ1n) is 7.81. The molecule has 0 radical (unpaired) electrons. The minimum Gasteiger partial charge on any atom is -0.467 e. The zero-order valence-corrected chi connectivity index (χ0v) is 14.5.